The highest BCUT2D eigenvalue weighted by atomic mass is 19.3. The number of carbonyl (C=O) groups excluding carboxylic acids is 1. The van der Waals surface area contributed by atoms with Gasteiger partial charge in [-0.15, -0.1) is 0 Å². The maximum Gasteiger partial charge on any atom is 0.282 e. The number of nitrogens with zero attached hydrogens (tertiary/aromatic N) is 3. The lowest BCUT2D eigenvalue weighted by atomic mass is 10.1. The summed E-state index contributed by atoms with van der Waals surface area (Å²) in [7, 11) is 5.91. The van der Waals surface area contributed by atoms with E-state index in [9.17, 15) is 13.6 Å². The number of hydrogen-bond acceptors (Lipinski definition) is 6. The molecule has 2 N–H and O–H groups in total. The topological polar surface area (TPSA) is 103 Å². The van der Waals surface area contributed by atoms with Crippen LogP contribution < -0.4 is 19.5 Å². The molecule has 1 amide bonds. The van der Waals surface area contributed by atoms with Crippen LogP contribution in [0.15, 0.2) is 24.3 Å². The smallest absolute Gasteiger partial charge is 0.282 e. The average molecular weight is 407 g/mol. The number of anilines is 1. The summed E-state index contributed by atoms with van der Waals surface area (Å²) in [6, 6.07) is 6.06. The summed E-state index contributed by atoms with van der Waals surface area (Å²) in [5.74, 6) is 0.944. The lowest BCUT2D eigenvalue weighted by Crippen LogP contribution is -2.16. The molecule has 3 aromatic rings. The number of benzene rings is 1. The molecule has 1 aromatic carbocycles. The Hall–Kier alpha value is -3.63. The Balaban J connectivity index is 1.85. The minimum absolute atomic E-state index is 0.0161. The molecule has 0 spiro atoms. The number of H-pyrrole nitrogens is 1. The van der Waals surface area contributed by atoms with E-state index in [1.807, 2.05) is 0 Å². The molecule has 0 bridgehead atoms. The van der Waals surface area contributed by atoms with Gasteiger partial charge in [-0.1, -0.05) is 0 Å². The van der Waals surface area contributed by atoms with E-state index >= 15 is 0 Å². The van der Waals surface area contributed by atoms with Crippen LogP contribution in [0.25, 0.3) is 11.3 Å². The zero-order chi connectivity index (χ0) is 21.1. The minimum Gasteiger partial charge on any atom is -0.493 e. The first-order valence-electron chi connectivity index (χ1n) is 8.37. The second-order valence-corrected chi connectivity index (χ2v) is 5.91. The lowest BCUT2D eigenvalue weighted by molar-refractivity contribution is 0.101. The quantitative estimate of drug-likeness (QED) is 0.624. The van der Waals surface area contributed by atoms with Crippen molar-refractivity contribution in [3.63, 3.8) is 0 Å². The summed E-state index contributed by atoms with van der Waals surface area (Å²) in [6.07, 6.45) is -2.76. The Kier molecular flexibility index (Phi) is 5.66. The molecule has 0 aliphatic carbocycles. The number of ether oxygens (including phenoxy) is 3. The van der Waals surface area contributed by atoms with Crippen LogP contribution in [0.1, 0.15) is 22.6 Å². The molecule has 0 radical (unpaired) electrons. The highest BCUT2D eigenvalue weighted by Gasteiger charge is 2.20. The molecule has 154 valence electrons. The van der Waals surface area contributed by atoms with Crippen LogP contribution >= 0.6 is 0 Å². The largest absolute Gasteiger partial charge is 0.493 e. The molecule has 0 saturated carbocycles. The zero-order valence-corrected chi connectivity index (χ0v) is 16.1. The number of aromatic nitrogens is 4. The van der Waals surface area contributed by atoms with Gasteiger partial charge in [-0.25, -0.2) is 8.78 Å². The van der Waals surface area contributed by atoms with Gasteiger partial charge in [-0.3, -0.25) is 14.6 Å². The molecular weight excluding hydrogens is 388 g/mol. The Morgan fingerprint density at radius 3 is 2.28 bits per heavy atom. The van der Waals surface area contributed by atoms with Gasteiger partial charge in [0.2, 0.25) is 5.75 Å². The van der Waals surface area contributed by atoms with Crippen molar-refractivity contribution in [1.29, 1.82) is 0 Å². The number of hydrogen-bond donors (Lipinski definition) is 2. The first-order valence-corrected chi connectivity index (χ1v) is 8.37. The van der Waals surface area contributed by atoms with Gasteiger partial charge < -0.3 is 19.5 Å². The van der Waals surface area contributed by atoms with Gasteiger partial charge in [0.05, 0.1) is 27.0 Å². The highest BCUT2D eigenvalue weighted by molar-refractivity contribution is 6.02. The number of carbonyl (C=O) groups is 1. The van der Waals surface area contributed by atoms with Crippen LogP contribution in [0, 0.1) is 0 Å². The summed E-state index contributed by atoms with van der Waals surface area (Å²) in [4.78, 5) is 12.4. The molecule has 2 aromatic heterocycles. The number of aryl methyl sites for hydroxylation is 1. The molecule has 0 aliphatic heterocycles. The lowest BCUT2D eigenvalue weighted by Gasteiger charge is -2.13. The van der Waals surface area contributed by atoms with E-state index in [2.05, 4.69) is 20.6 Å². The second-order valence-electron chi connectivity index (χ2n) is 5.91. The predicted molar refractivity (Wildman–Crippen MR) is 99.8 cm³/mol. The summed E-state index contributed by atoms with van der Waals surface area (Å²) < 4.78 is 42.6. The fourth-order valence-electron chi connectivity index (χ4n) is 2.76. The molecule has 3 rings (SSSR count). The van der Waals surface area contributed by atoms with Gasteiger partial charge in [-0.2, -0.15) is 10.2 Å². The number of aromatic amines is 1. The Bertz CT molecular complexity index is 1010. The van der Waals surface area contributed by atoms with Crippen LogP contribution in [0.4, 0.5) is 14.6 Å². The molecule has 0 atom stereocenters. The van der Waals surface area contributed by atoms with E-state index < -0.39 is 18.0 Å². The van der Waals surface area contributed by atoms with E-state index in [0.29, 0.717) is 28.5 Å². The van der Waals surface area contributed by atoms with E-state index in [1.165, 1.54) is 28.4 Å². The number of halogens is 2. The predicted octanol–water partition coefficient (Wildman–Crippen LogP) is 3.03. The van der Waals surface area contributed by atoms with Crippen molar-refractivity contribution in [2.45, 2.75) is 6.43 Å². The van der Waals surface area contributed by atoms with Crippen molar-refractivity contribution >= 4 is 11.7 Å². The van der Waals surface area contributed by atoms with Gasteiger partial charge in [0.15, 0.2) is 17.3 Å². The van der Waals surface area contributed by atoms with E-state index in [4.69, 9.17) is 14.2 Å². The van der Waals surface area contributed by atoms with Crippen molar-refractivity contribution in [3.8, 4) is 28.5 Å². The molecule has 0 unspecified atom stereocenters. The van der Waals surface area contributed by atoms with Gasteiger partial charge in [0, 0.05) is 18.7 Å². The first-order chi connectivity index (χ1) is 13.9. The standard InChI is InChI=1S/C18H19F2N5O4/c1-25-12(7-11(24-25)17(19)20)18(26)21-15-8-10(22-23-15)9-5-13(27-2)16(29-4)14(6-9)28-3/h5-8,17H,1-4H3,(H2,21,22,23,26). The Labute approximate surface area is 164 Å². The van der Waals surface area contributed by atoms with Gasteiger partial charge >= 0.3 is 0 Å². The number of amides is 1. The molecular formula is C18H19F2N5O4. The fraction of sp³-hybridized carbons (Fsp3) is 0.278. The second kappa shape index (κ2) is 8.17. The molecule has 9 nitrogen and oxygen atoms in total. The van der Waals surface area contributed by atoms with Crippen molar-refractivity contribution in [2.24, 2.45) is 7.05 Å². The van der Waals surface area contributed by atoms with Crippen LogP contribution in [-0.4, -0.2) is 47.2 Å². The zero-order valence-electron chi connectivity index (χ0n) is 16.1. The van der Waals surface area contributed by atoms with Crippen molar-refractivity contribution < 1.29 is 27.8 Å². The van der Waals surface area contributed by atoms with E-state index in [-0.39, 0.29) is 11.5 Å². The normalized spacial score (nSPS) is 10.9. The molecule has 29 heavy (non-hydrogen) atoms. The van der Waals surface area contributed by atoms with Crippen molar-refractivity contribution in [2.75, 3.05) is 26.6 Å². The Morgan fingerprint density at radius 1 is 1.10 bits per heavy atom. The number of rotatable bonds is 7. The third kappa shape index (κ3) is 3.98. The third-order valence-corrected chi connectivity index (χ3v) is 4.15. The minimum atomic E-state index is -2.76. The van der Waals surface area contributed by atoms with Crippen LogP contribution in [0.2, 0.25) is 0 Å². The maximum atomic E-state index is 12.8. The van der Waals surface area contributed by atoms with Crippen LogP contribution in [0.5, 0.6) is 17.2 Å². The molecule has 0 fully saturated rings. The van der Waals surface area contributed by atoms with Crippen molar-refractivity contribution in [3.05, 3.63) is 35.7 Å². The number of nitrogens with one attached hydrogen (secondary N) is 2. The average Bonchev–Trinajstić information content (AvgIpc) is 3.33. The Morgan fingerprint density at radius 2 is 1.76 bits per heavy atom. The maximum absolute atomic E-state index is 12.8. The molecule has 0 saturated heterocycles. The highest BCUT2D eigenvalue weighted by Crippen LogP contribution is 2.41. The van der Waals surface area contributed by atoms with Crippen molar-refractivity contribution in [1.82, 2.24) is 20.0 Å². The number of methoxy groups -OCH3 is 3. The van der Waals surface area contributed by atoms with Crippen LogP contribution in [-0.2, 0) is 7.05 Å². The summed E-state index contributed by atoms with van der Waals surface area (Å²) in [5.41, 5.74) is 0.751. The van der Waals surface area contributed by atoms with Gasteiger partial charge in [0.25, 0.3) is 12.3 Å². The fourth-order valence-corrected chi connectivity index (χ4v) is 2.76. The number of alkyl halides is 2. The molecule has 11 heteroatoms. The SMILES string of the molecule is COc1cc(-c2cc(NC(=O)c3cc(C(F)F)nn3C)n[nH]2)cc(OC)c1OC. The molecule has 2 heterocycles. The monoisotopic (exact) mass is 407 g/mol. The summed E-state index contributed by atoms with van der Waals surface area (Å²) >= 11 is 0. The summed E-state index contributed by atoms with van der Waals surface area (Å²) in [6.45, 7) is 0. The van der Waals surface area contributed by atoms with E-state index in [1.54, 1.807) is 18.2 Å². The first kappa shape index (κ1) is 20.1. The van der Waals surface area contributed by atoms with Gasteiger partial charge in [0.1, 0.15) is 11.4 Å². The van der Waals surface area contributed by atoms with E-state index in [0.717, 1.165) is 10.7 Å². The van der Waals surface area contributed by atoms with Crippen LogP contribution in [0.3, 0.4) is 0 Å². The van der Waals surface area contributed by atoms with Gasteiger partial charge in [-0.05, 0) is 18.2 Å². The molecule has 0 aliphatic rings. The summed E-state index contributed by atoms with van der Waals surface area (Å²) in [5, 5.41) is 13.0. The third-order valence-electron chi connectivity index (χ3n) is 4.15.